The molecule has 0 bridgehead atoms. The number of rotatable bonds is 18. The molecule has 0 radical (unpaired) electrons. The number of hydrogen-bond donors (Lipinski definition) is 0. The van der Waals surface area contributed by atoms with Crippen molar-refractivity contribution in [3.63, 3.8) is 0 Å². The SMILES string of the molecule is CCCCN(C)CCSCCSCCN(CCCC)CCCC. The Morgan fingerprint density at radius 3 is 1.57 bits per heavy atom. The standard InChI is InChI=1S/C19H42N2S2/c1-5-8-11-20(4)14-16-22-18-19-23-17-15-21(12-9-6-2)13-10-7-3/h5-19H2,1-4H3. The Balaban J connectivity index is 3.44. The van der Waals surface area contributed by atoms with Crippen molar-refractivity contribution in [2.24, 2.45) is 0 Å². The summed E-state index contributed by atoms with van der Waals surface area (Å²) in [6.07, 6.45) is 8.00. The van der Waals surface area contributed by atoms with Gasteiger partial charge in [-0.05, 0) is 45.9 Å². The monoisotopic (exact) mass is 362 g/mol. The largest absolute Gasteiger partial charge is 0.306 e. The number of nitrogens with zero attached hydrogens (tertiary/aromatic N) is 2. The van der Waals surface area contributed by atoms with Crippen molar-refractivity contribution in [2.75, 3.05) is 62.8 Å². The van der Waals surface area contributed by atoms with Gasteiger partial charge in [0.2, 0.25) is 0 Å². The third-order valence-electron chi connectivity index (χ3n) is 4.09. The summed E-state index contributed by atoms with van der Waals surface area (Å²) in [6, 6.07) is 0. The van der Waals surface area contributed by atoms with Gasteiger partial charge >= 0.3 is 0 Å². The van der Waals surface area contributed by atoms with Crippen LogP contribution in [0.3, 0.4) is 0 Å². The molecule has 0 rings (SSSR count). The predicted molar refractivity (Wildman–Crippen MR) is 113 cm³/mol. The van der Waals surface area contributed by atoms with Crippen molar-refractivity contribution in [2.45, 2.75) is 59.3 Å². The molecule has 0 spiro atoms. The van der Waals surface area contributed by atoms with E-state index in [-0.39, 0.29) is 0 Å². The molecule has 0 N–H and O–H groups in total. The molecule has 0 aromatic heterocycles. The molecule has 0 fully saturated rings. The van der Waals surface area contributed by atoms with E-state index < -0.39 is 0 Å². The summed E-state index contributed by atoms with van der Waals surface area (Å²) in [5, 5.41) is 0. The van der Waals surface area contributed by atoms with Gasteiger partial charge in [0.05, 0.1) is 0 Å². The summed E-state index contributed by atoms with van der Waals surface area (Å²) in [6.45, 7) is 13.3. The first-order valence-corrected chi connectivity index (χ1v) is 12.1. The maximum atomic E-state index is 2.68. The minimum absolute atomic E-state index is 1.25. The lowest BCUT2D eigenvalue weighted by Gasteiger charge is -2.21. The van der Waals surface area contributed by atoms with Gasteiger partial charge in [0.1, 0.15) is 0 Å². The molecule has 0 amide bonds. The molecule has 0 saturated heterocycles. The maximum absolute atomic E-state index is 2.68. The van der Waals surface area contributed by atoms with E-state index in [1.165, 1.54) is 94.3 Å². The van der Waals surface area contributed by atoms with Crippen LogP contribution in [0.1, 0.15) is 59.3 Å². The molecular formula is C19H42N2S2. The fourth-order valence-corrected chi connectivity index (χ4v) is 4.55. The Bertz CT molecular complexity index is 219. The molecule has 0 aromatic rings. The summed E-state index contributed by atoms with van der Waals surface area (Å²) in [5.74, 6) is 5.24. The average Bonchev–Trinajstić information content (AvgIpc) is 2.56. The molecule has 0 atom stereocenters. The lowest BCUT2D eigenvalue weighted by atomic mass is 10.2. The smallest absolute Gasteiger partial charge is 0.00723 e. The zero-order chi connectivity index (χ0) is 17.2. The van der Waals surface area contributed by atoms with E-state index in [0.29, 0.717) is 0 Å². The molecule has 0 aliphatic rings. The van der Waals surface area contributed by atoms with E-state index in [2.05, 4.69) is 61.1 Å². The molecule has 4 heteroatoms. The zero-order valence-corrected chi connectivity index (χ0v) is 18.0. The van der Waals surface area contributed by atoms with E-state index in [4.69, 9.17) is 0 Å². The summed E-state index contributed by atoms with van der Waals surface area (Å²) < 4.78 is 0. The molecule has 140 valence electrons. The fourth-order valence-electron chi connectivity index (χ4n) is 2.37. The molecule has 0 aromatic carbocycles. The van der Waals surface area contributed by atoms with Gasteiger partial charge in [0, 0.05) is 36.1 Å². The molecule has 0 saturated carbocycles. The van der Waals surface area contributed by atoms with E-state index in [9.17, 15) is 0 Å². The van der Waals surface area contributed by atoms with Crippen LogP contribution in [-0.2, 0) is 0 Å². The second-order valence-electron chi connectivity index (χ2n) is 6.43. The number of unbranched alkanes of at least 4 members (excludes halogenated alkanes) is 3. The fraction of sp³-hybridized carbons (Fsp3) is 1.00. The highest BCUT2D eigenvalue weighted by atomic mass is 32.2. The molecule has 2 nitrogen and oxygen atoms in total. The lowest BCUT2D eigenvalue weighted by Crippen LogP contribution is -2.28. The van der Waals surface area contributed by atoms with Gasteiger partial charge in [-0.2, -0.15) is 23.5 Å². The topological polar surface area (TPSA) is 6.48 Å². The van der Waals surface area contributed by atoms with Crippen LogP contribution >= 0.6 is 23.5 Å². The Hall–Kier alpha value is 0.620. The Labute approximate surface area is 155 Å². The lowest BCUT2D eigenvalue weighted by molar-refractivity contribution is 0.281. The first kappa shape index (κ1) is 23.6. The van der Waals surface area contributed by atoms with Gasteiger partial charge < -0.3 is 9.80 Å². The Morgan fingerprint density at radius 1 is 0.565 bits per heavy atom. The highest BCUT2D eigenvalue weighted by Crippen LogP contribution is 2.09. The normalized spacial score (nSPS) is 11.7. The van der Waals surface area contributed by atoms with Crippen molar-refractivity contribution < 1.29 is 0 Å². The van der Waals surface area contributed by atoms with E-state index in [0.717, 1.165) is 0 Å². The van der Waals surface area contributed by atoms with Gasteiger partial charge in [0.15, 0.2) is 0 Å². The van der Waals surface area contributed by atoms with Gasteiger partial charge in [-0.25, -0.2) is 0 Å². The van der Waals surface area contributed by atoms with Crippen LogP contribution in [0.15, 0.2) is 0 Å². The molecule has 0 heterocycles. The van der Waals surface area contributed by atoms with Crippen LogP contribution in [0.5, 0.6) is 0 Å². The Morgan fingerprint density at radius 2 is 1.04 bits per heavy atom. The van der Waals surface area contributed by atoms with Crippen molar-refractivity contribution in [1.82, 2.24) is 9.80 Å². The molecule has 0 aliphatic heterocycles. The minimum atomic E-state index is 1.25. The maximum Gasteiger partial charge on any atom is 0.00723 e. The van der Waals surface area contributed by atoms with Crippen LogP contribution < -0.4 is 0 Å². The van der Waals surface area contributed by atoms with E-state index in [1.54, 1.807) is 0 Å². The molecule has 0 unspecified atom stereocenters. The average molecular weight is 363 g/mol. The van der Waals surface area contributed by atoms with Crippen molar-refractivity contribution in [1.29, 1.82) is 0 Å². The minimum Gasteiger partial charge on any atom is -0.306 e. The van der Waals surface area contributed by atoms with Gasteiger partial charge in [-0.3, -0.25) is 0 Å². The van der Waals surface area contributed by atoms with Gasteiger partial charge in [-0.1, -0.05) is 40.0 Å². The third kappa shape index (κ3) is 17.2. The highest BCUT2D eigenvalue weighted by Gasteiger charge is 2.03. The molecule has 0 aliphatic carbocycles. The molecule has 23 heavy (non-hydrogen) atoms. The quantitative estimate of drug-likeness (QED) is 0.313. The zero-order valence-electron chi connectivity index (χ0n) is 16.3. The van der Waals surface area contributed by atoms with Crippen LogP contribution in [0.2, 0.25) is 0 Å². The predicted octanol–water partition coefficient (Wildman–Crippen LogP) is 5.09. The molecular weight excluding hydrogens is 320 g/mol. The summed E-state index contributed by atoms with van der Waals surface area (Å²) in [5.41, 5.74) is 0. The van der Waals surface area contributed by atoms with Crippen molar-refractivity contribution >= 4 is 23.5 Å². The second-order valence-corrected chi connectivity index (χ2v) is 8.88. The first-order chi connectivity index (χ1) is 11.2. The second kappa shape index (κ2) is 19.0. The van der Waals surface area contributed by atoms with Crippen molar-refractivity contribution in [3.05, 3.63) is 0 Å². The summed E-state index contributed by atoms with van der Waals surface area (Å²) in [4.78, 5) is 5.15. The highest BCUT2D eigenvalue weighted by molar-refractivity contribution is 8.02. The van der Waals surface area contributed by atoms with Crippen LogP contribution in [-0.4, -0.2) is 72.6 Å². The summed E-state index contributed by atoms with van der Waals surface area (Å²) >= 11 is 4.27. The number of hydrogen-bond acceptors (Lipinski definition) is 4. The Kier molecular flexibility index (Phi) is 19.5. The van der Waals surface area contributed by atoms with Crippen molar-refractivity contribution in [3.8, 4) is 0 Å². The van der Waals surface area contributed by atoms with Crippen LogP contribution in [0.4, 0.5) is 0 Å². The van der Waals surface area contributed by atoms with Gasteiger partial charge in [-0.15, -0.1) is 0 Å². The number of thioether (sulfide) groups is 2. The van der Waals surface area contributed by atoms with E-state index >= 15 is 0 Å². The van der Waals surface area contributed by atoms with Crippen LogP contribution in [0, 0.1) is 0 Å². The summed E-state index contributed by atoms with van der Waals surface area (Å²) in [7, 11) is 2.26. The van der Waals surface area contributed by atoms with Crippen LogP contribution in [0.25, 0.3) is 0 Å². The van der Waals surface area contributed by atoms with E-state index in [1.807, 2.05) is 0 Å². The van der Waals surface area contributed by atoms with Gasteiger partial charge in [0.25, 0.3) is 0 Å². The first-order valence-electron chi connectivity index (χ1n) is 9.80. The third-order valence-corrected chi connectivity index (χ3v) is 6.28.